The molecule has 1 N–H and O–H groups in total. The third-order valence-corrected chi connectivity index (χ3v) is 6.94. The van der Waals surface area contributed by atoms with Crippen molar-refractivity contribution in [2.24, 2.45) is 17.3 Å². The zero-order chi connectivity index (χ0) is 15.5. The number of rotatable bonds is 2. The van der Waals surface area contributed by atoms with Crippen LogP contribution in [0.3, 0.4) is 0 Å². The molecule has 22 heavy (non-hydrogen) atoms. The number of hydrogen-bond donors (Lipinski definition) is 1. The molecule has 118 valence electrons. The summed E-state index contributed by atoms with van der Waals surface area (Å²) in [5, 5.41) is 3.17. The highest BCUT2D eigenvalue weighted by molar-refractivity contribution is 9.10. The maximum absolute atomic E-state index is 13.1. The van der Waals surface area contributed by atoms with Gasteiger partial charge in [-0.1, -0.05) is 6.07 Å². The number of nitrogens with one attached hydrogen (secondary N) is 1. The number of aryl methyl sites for hydroxylation is 1. The number of carbonyl (C=O) groups excluding carboxylic acids is 1. The fraction of sp³-hybridized carbons (Fsp3) is 0.611. The van der Waals surface area contributed by atoms with Gasteiger partial charge in [0.2, 0.25) is 5.91 Å². The number of halogens is 2. The van der Waals surface area contributed by atoms with E-state index in [0.717, 1.165) is 42.3 Å². The zero-order valence-corrected chi connectivity index (χ0v) is 15.1. The number of anilines is 1. The summed E-state index contributed by atoms with van der Waals surface area (Å²) in [6.45, 7) is 2.05. The van der Waals surface area contributed by atoms with Crippen molar-refractivity contribution in [1.29, 1.82) is 0 Å². The van der Waals surface area contributed by atoms with Gasteiger partial charge >= 0.3 is 0 Å². The van der Waals surface area contributed by atoms with E-state index in [9.17, 15) is 4.79 Å². The van der Waals surface area contributed by atoms with E-state index in [-0.39, 0.29) is 16.2 Å². The SMILES string of the molecule is Cc1ccc(NC(=O)C23CC4CC(CC(Cl)(C4)C2)C3)c(Br)c1. The number of hydrogen-bond acceptors (Lipinski definition) is 1. The van der Waals surface area contributed by atoms with Gasteiger partial charge < -0.3 is 5.32 Å². The highest BCUT2D eigenvalue weighted by Crippen LogP contribution is 2.64. The number of alkyl halides is 1. The Labute approximate surface area is 145 Å². The minimum absolute atomic E-state index is 0.119. The second-order valence-corrected chi connectivity index (χ2v) is 9.49. The van der Waals surface area contributed by atoms with E-state index in [4.69, 9.17) is 11.6 Å². The molecule has 4 heteroatoms. The van der Waals surface area contributed by atoms with Crippen LogP contribution in [0, 0.1) is 24.2 Å². The van der Waals surface area contributed by atoms with Gasteiger partial charge in [-0.3, -0.25) is 4.79 Å². The second-order valence-electron chi connectivity index (χ2n) is 7.83. The Morgan fingerprint density at radius 2 is 1.95 bits per heavy atom. The second kappa shape index (κ2) is 4.98. The predicted molar refractivity (Wildman–Crippen MR) is 93.2 cm³/mol. The molecule has 4 fully saturated rings. The Morgan fingerprint density at radius 3 is 2.55 bits per heavy atom. The maximum Gasteiger partial charge on any atom is 0.230 e. The zero-order valence-electron chi connectivity index (χ0n) is 12.8. The maximum atomic E-state index is 13.1. The molecule has 0 spiro atoms. The molecule has 4 bridgehead atoms. The van der Waals surface area contributed by atoms with Crippen molar-refractivity contribution in [2.75, 3.05) is 5.32 Å². The number of amides is 1. The van der Waals surface area contributed by atoms with Crippen LogP contribution in [-0.4, -0.2) is 10.8 Å². The predicted octanol–water partition coefficient (Wildman–Crippen LogP) is 5.27. The monoisotopic (exact) mass is 381 g/mol. The fourth-order valence-electron chi connectivity index (χ4n) is 5.39. The summed E-state index contributed by atoms with van der Waals surface area (Å²) in [6.07, 6.45) is 6.38. The molecule has 1 aromatic carbocycles. The fourth-order valence-corrected chi connectivity index (χ4v) is 6.68. The van der Waals surface area contributed by atoms with Crippen LogP contribution in [-0.2, 0) is 4.79 Å². The number of carbonyl (C=O) groups is 1. The minimum atomic E-state index is -0.240. The molecule has 5 rings (SSSR count). The van der Waals surface area contributed by atoms with Crippen LogP contribution in [0.1, 0.15) is 44.1 Å². The van der Waals surface area contributed by atoms with Gasteiger partial charge in [0, 0.05) is 9.35 Å². The van der Waals surface area contributed by atoms with Crippen LogP contribution in [0.4, 0.5) is 5.69 Å². The van der Waals surface area contributed by atoms with Crippen LogP contribution < -0.4 is 5.32 Å². The lowest BCUT2D eigenvalue weighted by Gasteiger charge is -2.59. The lowest BCUT2D eigenvalue weighted by atomic mass is 9.49. The van der Waals surface area contributed by atoms with Crippen molar-refractivity contribution in [3.63, 3.8) is 0 Å². The van der Waals surface area contributed by atoms with Crippen LogP contribution in [0.2, 0.25) is 0 Å². The van der Waals surface area contributed by atoms with Gasteiger partial charge in [-0.15, -0.1) is 11.6 Å². The average Bonchev–Trinajstić information content (AvgIpc) is 2.39. The summed E-state index contributed by atoms with van der Waals surface area (Å²) in [4.78, 5) is 12.9. The van der Waals surface area contributed by atoms with E-state index in [0.29, 0.717) is 11.8 Å². The van der Waals surface area contributed by atoms with Gasteiger partial charge in [0.15, 0.2) is 0 Å². The minimum Gasteiger partial charge on any atom is -0.325 e. The highest BCUT2D eigenvalue weighted by Gasteiger charge is 2.60. The molecule has 4 aliphatic rings. The van der Waals surface area contributed by atoms with Crippen molar-refractivity contribution < 1.29 is 4.79 Å². The lowest BCUT2D eigenvalue weighted by molar-refractivity contribution is -0.138. The molecule has 4 aliphatic carbocycles. The van der Waals surface area contributed by atoms with Crippen molar-refractivity contribution in [3.8, 4) is 0 Å². The molecule has 4 saturated carbocycles. The molecule has 1 amide bonds. The molecule has 0 saturated heterocycles. The molecule has 0 radical (unpaired) electrons. The normalized spacial score (nSPS) is 39.0. The Hall–Kier alpha value is -0.540. The average molecular weight is 383 g/mol. The number of benzene rings is 1. The standard InChI is InChI=1S/C18H21BrClNO/c1-11-2-3-15(14(19)4-11)21-16(22)17-6-12-5-13(7-17)9-18(20,8-12)10-17/h2-4,12-13H,5-10H2,1H3,(H,21,22). The van der Waals surface area contributed by atoms with E-state index < -0.39 is 0 Å². The van der Waals surface area contributed by atoms with Gasteiger partial charge in [-0.25, -0.2) is 0 Å². The first kappa shape index (κ1) is 15.0. The summed E-state index contributed by atoms with van der Waals surface area (Å²) in [5.41, 5.74) is 1.81. The van der Waals surface area contributed by atoms with Crippen molar-refractivity contribution in [2.45, 2.75) is 50.3 Å². The van der Waals surface area contributed by atoms with Crippen LogP contribution in [0.15, 0.2) is 22.7 Å². The Kier molecular flexibility index (Phi) is 3.40. The summed E-state index contributed by atoms with van der Waals surface area (Å²) in [7, 11) is 0. The van der Waals surface area contributed by atoms with E-state index in [2.05, 4.69) is 21.2 Å². The van der Waals surface area contributed by atoms with E-state index in [1.807, 2.05) is 25.1 Å². The van der Waals surface area contributed by atoms with Crippen molar-refractivity contribution in [1.82, 2.24) is 0 Å². The molecule has 0 heterocycles. The summed E-state index contributed by atoms with van der Waals surface area (Å²) >= 11 is 10.4. The first-order chi connectivity index (χ1) is 10.4. The molecule has 0 aromatic heterocycles. The van der Waals surface area contributed by atoms with E-state index in [1.54, 1.807) is 0 Å². The van der Waals surface area contributed by atoms with Crippen molar-refractivity contribution >= 4 is 39.1 Å². The van der Waals surface area contributed by atoms with E-state index >= 15 is 0 Å². The van der Waals surface area contributed by atoms with Gasteiger partial charge in [0.05, 0.1) is 11.1 Å². The van der Waals surface area contributed by atoms with Crippen LogP contribution >= 0.6 is 27.5 Å². The largest absolute Gasteiger partial charge is 0.325 e. The van der Waals surface area contributed by atoms with Crippen LogP contribution in [0.25, 0.3) is 0 Å². The topological polar surface area (TPSA) is 29.1 Å². The molecular weight excluding hydrogens is 362 g/mol. The van der Waals surface area contributed by atoms with Gasteiger partial charge in [-0.05, 0) is 90.9 Å². The van der Waals surface area contributed by atoms with Crippen LogP contribution in [0.5, 0.6) is 0 Å². The molecular formula is C18H21BrClNO. The molecule has 0 aliphatic heterocycles. The summed E-state index contributed by atoms with van der Waals surface area (Å²) in [5.74, 6) is 1.47. The summed E-state index contributed by atoms with van der Waals surface area (Å²) in [6, 6.07) is 6.05. The lowest BCUT2D eigenvalue weighted by Crippen LogP contribution is -2.57. The first-order valence-electron chi connectivity index (χ1n) is 8.14. The third-order valence-electron chi connectivity index (χ3n) is 5.84. The Balaban J connectivity index is 1.60. The Morgan fingerprint density at radius 1 is 1.27 bits per heavy atom. The quantitative estimate of drug-likeness (QED) is 0.693. The van der Waals surface area contributed by atoms with Gasteiger partial charge in [0.1, 0.15) is 0 Å². The molecule has 2 atom stereocenters. The van der Waals surface area contributed by atoms with E-state index in [1.165, 1.54) is 12.0 Å². The molecule has 2 nitrogen and oxygen atoms in total. The van der Waals surface area contributed by atoms with Gasteiger partial charge in [-0.2, -0.15) is 0 Å². The first-order valence-corrected chi connectivity index (χ1v) is 9.31. The molecule has 1 aromatic rings. The molecule has 2 unspecified atom stereocenters. The van der Waals surface area contributed by atoms with Gasteiger partial charge in [0.25, 0.3) is 0 Å². The van der Waals surface area contributed by atoms with Crippen molar-refractivity contribution in [3.05, 3.63) is 28.2 Å². The summed E-state index contributed by atoms with van der Waals surface area (Å²) < 4.78 is 0.950. The highest BCUT2D eigenvalue weighted by atomic mass is 79.9. The smallest absolute Gasteiger partial charge is 0.230 e. The third kappa shape index (κ3) is 2.41. The Bertz CT molecular complexity index is 630.